The van der Waals surface area contributed by atoms with E-state index in [1.807, 2.05) is 0 Å². The van der Waals surface area contributed by atoms with Crippen LogP contribution in [0.1, 0.15) is 26.2 Å². The average molecular weight is 298 g/mol. The van der Waals surface area contributed by atoms with Gasteiger partial charge in [0.1, 0.15) is 0 Å². The fraction of sp³-hybridized carbons (Fsp3) is 1.00. The van der Waals surface area contributed by atoms with Gasteiger partial charge in [0.05, 0.1) is 12.7 Å². The third-order valence-electron chi connectivity index (χ3n) is 4.78. The van der Waals surface area contributed by atoms with Crippen molar-refractivity contribution >= 4 is 0 Å². The van der Waals surface area contributed by atoms with E-state index in [0.29, 0.717) is 6.10 Å². The molecule has 0 aromatic heterocycles. The lowest BCUT2D eigenvalue weighted by Crippen LogP contribution is -2.52. The Bertz CT molecular complexity index is 269. The van der Waals surface area contributed by atoms with Crippen molar-refractivity contribution in [3.63, 3.8) is 0 Å². The number of likely N-dealkylation sites (N-methyl/N-ethyl adjacent to an activating group) is 1. The molecule has 5 nitrogen and oxygen atoms in total. The summed E-state index contributed by atoms with van der Waals surface area (Å²) in [4.78, 5) is 7.69. The molecular weight excluding hydrogens is 264 g/mol. The number of nitrogens with two attached hydrogens (primary N) is 1. The van der Waals surface area contributed by atoms with E-state index in [0.717, 1.165) is 39.3 Å². The molecule has 0 spiro atoms. The van der Waals surface area contributed by atoms with Crippen LogP contribution in [0.5, 0.6) is 0 Å². The van der Waals surface area contributed by atoms with Crippen molar-refractivity contribution in [1.82, 2.24) is 14.7 Å². The van der Waals surface area contributed by atoms with Crippen LogP contribution in [0, 0.1) is 0 Å². The summed E-state index contributed by atoms with van der Waals surface area (Å²) in [6, 6.07) is 0. The molecule has 2 saturated heterocycles. The van der Waals surface area contributed by atoms with Crippen molar-refractivity contribution in [1.29, 1.82) is 0 Å². The van der Waals surface area contributed by atoms with Gasteiger partial charge in [0.15, 0.2) is 0 Å². The minimum absolute atomic E-state index is 0.412. The summed E-state index contributed by atoms with van der Waals surface area (Å²) in [5.74, 6) is 0. The van der Waals surface area contributed by atoms with Crippen LogP contribution in [-0.4, -0.2) is 92.9 Å². The number of piperazine rings is 1. The topological polar surface area (TPSA) is 45.0 Å². The Morgan fingerprint density at radius 3 is 2.43 bits per heavy atom. The molecular formula is C16H34N4O. The van der Waals surface area contributed by atoms with Crippen LogP contribution in [0.2, 0.25) is 0 Å². The summed E-state index contributed by atoms with van der Waals surface area (Å²) < 4.78 is 5.92. The van der Waals surface area contributed by atoms with Gasteiger partial charge in [0, 0.05) is 45.8 Å². The highest BCUT2D eigenvalue weighted by Gasteiger charge is 2.24. The summed E-state index contributed by atoms with van der Waals surface area (Å²) in [6.07, 6.45) is 4.16. The Kier molecular flexibility index (Phi) is 7.96. The summed E-state index contributed by atoms with van der Waals surface area (Å²) in [6.45, 7) is 14.5. The number of morpholine rings is 1. The van der Waals surface area contributed by atoms with Gasteiger partial charge < -0.3 is 15.4 Å². The smallest absolute Gasteiger partial charge is 0.0829 e. The number of nitrogens with zero attached hydrogens (tertiary/aromatic N) is 3. The third kappa shape index (κ3) is 6.20. The van der Waals surface area contributed by atoms with E-state index in [4.69, 9.17) is 10.5 Å². The van der Waals surface area contributed by atoms with Crippen LogP contribution in [0.3, 0.4) is 0 Å². The normalized spacial score (nSPS) is 26.3. The number of unbranched alkanes of at least 4 members (excludes halogenated alkanes) is 2. The molecule has 1 unspecified atom stereocenters. The highest BCUT2D eigenvalue weighted by atomic mass is 16.5. The van der Waals surface area contributed by atoms with Crippen LogP contribution >= 0.6 is 0 Å². The standard InChI is InChI=1S/C16H34N4O/c1-2-18-12-13-21-16(14-18)15-20-10-8-19(9-11-20)7-5-3-4-6-17/h16H,2-15,17H2,1H3. The molecule has 0 aliphatic carbocycles. The van der Waals surface area contributed by atoms with Gasteiger partial charge in [-0.1, -0.05) is 13.3 Å². The first-order valence-electron chi connectivity index (χ1n) is 8.80. The Morgan fingerprint density at radius 2 is 1.71 bits per heavy atom. The van der Waals surface area contributed by atoms with Crippen LogP contribution in [-0.2, 0) is 4.74 Å². The number of hydrogen-bond donors (Lipinski definition) is 1. The lowest BCUT2D eigenvalue weighted by atomic mass is 10.2. The molecule has 0 amide bonds. The van der Waals surface area contributed by atoms with Crippen LogP contribution in [0.4, 0.5) is 0 Å². The van der Waals surface area contributed by atoms with E-state index >= 15 is 0 Å². The quantitative estimate of drug-likeness (QED) is 0.659. The first kappa shape index (κ1) is 17.2. The van der Waals surface area contributed by atoms with Gasteiger partial charge in [-0.2, -0.15) is 0 Å². The molecule has 5 heteroatoms. The molecule has 21 heavy (non-hydrogen) atoms. The van der Waals surface area contributed by atoms with E-state index in [-0.39, 0.29) is 0 Å². The maximum atomic E-state index is 5.92. The lowest BCUT2D eigenvalue weighted by Gasteiger charge is -2.39. The third-order valence-corrected chi connectivity index (χ3v) is 4.78. The van der Waals surface area contributed by atoms with Gasteiger partial charge >= 0.3 is 0 Å². The van der Waals surface area contributed by atoms with Gasteiger partial charge in [-0.15, -0.1) is 0 Å². The lowest BCUT2D eigenvalue weighted by molar-refractivity contribution is -0.0467. The molecule has 2 aliphatic rings. The van der Waals surface area contributed by atoms with Crippen molar-refractivity contribution in [2.24, 2.45) is 5.73 Å². The van der Waals surface area contributed by atoms with Crippen LogP contribution in [0.15, 0.2) is 0 Å². The monoisotopic (exact) mass is 298 g/mol. The minimum Gasteiger partial charge on any atom is -0.374 e. The predicted octanol–water partition coefficient (Wildman–Crippen LogP) is 0.454. The van der Waals surface area contributed by atoms with E-state index in [2.05, 4.69) is 21.6 Å². The second-order valence-electron chi connectivity index (χ2n) is 6.38. The van der Waals surface area contributed by atoms with Crippen molar-refractivity contribution in [3.8, 4) is 0 Å². The molecule has 1 atom stereocenters. The molecule has 2 aliphatic heterocycles. The fourth-order valence-electron chi connectivity index (χ4n) is 3.32. The molecule has 2 N–H and O–H groups in total. The number of rotatable bonds is 8. The SMILES string of the molecule is CCN1CCOC(CN2CCN(CCCCCN)CC2)C1. The minimum atomic E-state index is 0.412. The van der Waals surface area contributed by atoms with E-state index in [9.17, 15) is 0 Å². The van der Waals surface area contributed by atoms with Gasteiger partial charge in [-0.3, -0.25) is 9.80 Å². The molecule has 0 aromatic carbocycles. The summed E-state index contributed by atoms with van der Waals surface area (Å²) >= 11 is 0. The van der Waals surface area contributed by atoms with Crippen molar-refractivity contribution in [2.75, 3.05) is 72.1 Å². The molecule has 0 bridgehead atoms. The second-order valence-corrected chi connectivity index (χ2v) is 6.38. The van der Waals surface area contributed by atoms with Gasteiger partial charge in [0.2, 0.25) is 0 Å². The zero-order valence-corrected chi connectivity index (χ0v) is 13.8. The molecule has 0 radical (unpaired) electrons. The fourth-order valence-corrected chi connectivity index (χ4v) is 3.32. The Balaban J connectivity index is 1.58. The zero-order chi connectivity index (χ0) is 14.9. The predicted molar refractivity (Wildman–Crippen MR) is 87.6 cm³/mol. The summed E-state index contributed by atoms with van der Waals surface area (Å²) in [5.41, 5.74) is 5.54. The van der Waals surface area contributed by atoms with E-state index in [1.165, 1.54) is 52.0 Å². The molecule has 0 saturated carbocycles. The van der Waals surface area contributed by atoms with Crippen LogP contribution < -0.4 is 5.73 Å². The Labute approximate surface area is 130 Å². The van der Waals surface area contributed by atoms with Crippen molar-refractivity contribution in [2.45, 2.75) is 32.3 Å². The first-order chi connectivity index (χ1) is 10.3. The van der Waals surface area contributed by atoms with Crippen LogP contribution in [0.25, 0.3) is 0 Å². The van der Waals surface area contributed by atoms with Crippen molar-refractivity contribution < 1.29 is 4.74 Å². The summed E-state index contributed by atoms with van der Waals surface area (Å²) in [5, 5.41) is 0. The number of hydrogen-bond acceptors (Lipinski definition) is 5. The Morgan fingerprint density at radius 1 is 0.952 bits per heavy atom. The average Bonchev–Trinajstić information content (AvgIpc) is 2.53. The largest absolute Gasteiger partial charge is 0.374 e. The molecule has 0 aromatic rings. The zero-order valence-electron chi connectivity index (χ0n) is 13.8. The first-order valence-corrected chi connectivity index (χ1v) is 8.80. The summed E-state index contributed by atoms with van der Waals surface area (Å²) in [7, 11) is 0. The highest BCUT2D eigenvalue weighted by Crippen LogP contribution is 2.10. The molecule has 2 heterocycles. The highest BCUT2D eigenvalue weighted by molar-refractivity contribution is 4.78. The van der Waals surface area contributed by atoms with Gasteiger partial charge in [-0.05, 0) is 32.5 Å². The maximum Gasteiger partial charge on any atom is 0.0829 e. The molecule has 2 rings (SSSR count). The maximum absolute atomic E-state index is 5.92. The molecule has 124 valence electrons. The van der Waals surface area contributed by atoms with E-state index < -0.39 is 0 Å². The number of ether oxygens (including phenoxy) is 1. The van der Waals surface area contributed by atoms with Gasteiger partial charge in [-0.25, -0.2) is 0 Å². The van der Waals surface area contributed by atoms with E-state index in [1.54, 1.807) is 0 Å². The van der Waals surface area contributed by atoms with Gasteiger partial charge in [0.25, 0.3) is 0 Å². The van der Waals surface area contributed by atoms with Crippen molar-refractivity contribution in [3.05, 3.63) is 0 Å². The second kappa shape index (κ2) is 9.74. The Hall–Kier alpha value is -0.200. The molecule has 2 fully saturated rings.